The van der Waals surface area contributed by atoms with Gasteiger partial charge in [-0.2, -0.15) is 0 Å². The third-order valence-corrected chi connectivity index (χ3v) is 5.18. The number of hydrogen-bond acceptors (Lipinski definition) is 3. The fraction of sp³-hybridized carbons (Fsp3) is 0.824. The van der Waals surface area contributed by atoms with Gasteiger partial charge in [0.05, 0.1) is 0 Å². The first-order valence-electron chi connectivity index (χ1n) is 9.07. The fourth-order valence-corrected chi connectivity index (χ4v) is 3.80. The van der Waals surface area contributed by atoms with Gasteiger partial charge in [0.2, 0.25) is 0 Å². The Morgan fingerprint density at radius 2 is 2.09 bits per heavy atom. The number of carbonyl (C=O) groups excluding carboxylic acids is 1. The number of amides is 2. The third-order valence-electron chi connectivity index (χ3n) is 5.18. The summed E-state index contributed by atoms with van der Waals surface area (Å²) in [6, 6.07) is 0.899. The summed E-state index contributed by atoms with van der Waals surface area (Å²) in [7, 11) is 0. The second-order valence-electron chi connectivity index (χ2n) is 7.34. The lowest BCUT2D eigenvalue weighted by molar-refractivity contribution is 0.198. The molecule has 2 fully saturated rings. The van der Waals surface area contributed by atoms with E-state index in [2.05, 4.69) is 33.9 Å². The highest BCUT2D eigenvalue weighted by atomic mass is 16.2. The molecule has 2 heterocycles. The summed E-state index contributed by atoms with van der Waals surface area (Å²) in [6.45, 7) is 5.99. The number of nitrogens with zero attached hydrogens (tertiary/aromatic N) is 4. The van der Waals surface area contributed by atoms with Crippen LogP contribution in [0.3, 0.4) is 0 Å². The standard InChI is InChI=1S/C17H29N5O/c1-13(2)22-12-18-20-16(22)10-14-8-9-21(11-14)17(23)19-15-6-4-3-5-7-15/h12-15H,3-11H2,1-2H3,(H,19,23)/t14-/m1/s1. The van der Waals surface area contributed by atoms with E-state index in [1.54, 1.807) is 0 Å². The molecule has 128 valence electrons. The van der Waals surface area contributed by atoms with Crippen molar-refractivity contribution in [3.8, 4) is 0 Å². The summed E-state index contributed by atoms with van der Waals surface area (Å²) < 4.78 is 2.13. The van der Waals surface area contributed by atoms with Gasteiger partial charge in [-0.25, -0.2) is 4.79 Å². The summed E-state index contributed by atoms with van der Waals surface area (Å²) in [5.41, 5.74) is 0. The van der Waals surface area contributed by atoms with Crippen LogP contribution in [0, 0.1) is 5.92 Å². The van der Waals surface area contributed by atoms with E-state index in [4.69, 9.17) is 0 Å². The van der Waals surface area contributed by atoms with Crippen LogP contribution in [0.4, 0.5) is 4.79 Å². The molecular formula is C17H29N5O. The number of rotatable bonds is 4. The lowest BCUT2D eigenvalue weighted by Gasteiger charge is -2.26. The van der Waals surface area contributed by atoms with Crippen molar-refractivity contribution in [1.29, 1.82) is 0 Å². The lowest BCUT2D eigenvalue weighted by atomic mass is 9.96. The van der Waals surface area contributed by atoms with Crippen LogP contribution in [-0.4, -0.2) is 44.8 Å². The Morgan fingerprint density at radius 3 is 2.83 bits per heavy atom. The molecule has 0 spiro atoms. The average Bonchev–Trinajstić information content (AvgIpc) is 3.18. The predicted octanol–water partition coefficient (Wildman–Crippen LogP) is 2.77. The van der Waals surface area contributed by atoms with Crippen LogP contribution in [0.25, 0.3) is 0 Å². The maximum Gasteiger partial charge on any atom is 0.317 e. The minimum atomic E-state index is 0.129. The van der Waals surface area contributed by atoms with E-state index in [0.717, 1.165) is 44.6 Å². The van der Waals surface area contributed by atoms with Gasteiger partial charge in [0.15, 0.2) is 0 Å². The monoisotopic (exact) mass is 319 g/mol. The van der Waals surface area contributed by atoms with Gasteiger partial charge in [0.25, 0.3) is 0 Å². The number of aromatic nitrogens is 3. The van der Waals surface area contributed by atoms with Crippen molar-refractivity contribution in [2.45, 2.75) is 70.9 Å². The van der Waals surface area contributed by atoms with Crippen LogP contribution < -0.4 is 5.32 Å². The number of likely N-dealkylation sites (tertiary alicyclic amines) is 1. The number of carbonyl (C=O) groups is 1. The zero-order chi connectivity index (χ0) is 16.2. The second-order valence-corrected chi connectivity index (χ2v) is 7.34. The van der Waals surface area contributed by atoms with E-state index in [0.29, 0.717) is 18.0 Å². The SMILES string of the molecule is CC(C)n1cnnc1C[C@H]1CCN(C(=O)NC2CCCCC2)C1. The van der Waals surface area contributed by atoms with Crippen LogP contribution in [0.5, 0.6) is 0 Å². The molecule has 1 aromatic rings. The molecule has 1 aliphatic carbocycles. The quantitative estimate of drug-likeness (QED) is 0.928. The van der Waals surface area contributed by atoms with E-state index in [1.165, 1.54) is 19.3 Å². The summed E-state index contributed by atoms with van der Waals surface area (Å²) in [5, 5.41) is 11.5. The minimum absolute atomic E-state index is 0.129. The Morgan fingerprint density at radius 1 is 1.30 bits per heavy atom. The van der Waals surface area contributed by atoms with Crippen molar-refractivity contribution in [1.82, 2.24) is 25.0 Å². The van der Waals surface area contributed by atoms with Gasteiger partial charge in [-0.05, 0) is 39.0 Å². The molecule has 6 heteroatoms. The van der Waals surface area contributed by atoms with Gasteiger partial charge in [-0.1, -0.05) is 19.3 Å². The van der Waals surface area contributed by atoms with E-state index >= 15 is 0 Å². The van der Waals surface area contributed by atoms with E-state index in [1.807, 2.05) is 11.2 Å². The van der Waals surface area contributed by atoms with Crippen LogP contribution in [0.1, 0.15) is 64.2 Å². The first-order chi connectivity index (χ1) is 11.1. The summed E-state index contributed by atoms with van der Waals surface area (Å²) in [4.78, 5) is 14.4. The molecule has 3 rings (SSSR count). The molecule has 0 radical (unpaired) electrons. The van der Waals surface area contributed by atoms with Crippen LogP contribution >= 0.6 is 0 Å². The molecule has 2 amide bonds. The van der Waals surface area contributed by atoms with Crippen molar-refractivity contribution >= 4 is 6.03 Å². The lowest BCUT2D eigenvalue weighted by Crippen LogP contribution is -2.44. The molecule has 1 atom stereocenters. The van der Waals surface area contributed by atoms with E-state index in [9.17, 15) is 4.79 Å². The van der Waals surface area contributed by atoms with E-state index < -0.39 is 0 Å². The normalized spacial score (nSPS) is 22.7. The van der Waals surface area contributed by atoms with Gasteiger partial charge < -0.3 is 14.8 Å². The molecule has 0 aromatic carbocycles. The van der Waals surface area contributed by atoms with Crippen LogP contribution in [0.15, 0.2) is 6.33 Å². The third kappa shape index (κ3) is 4.03. The van der Waals surface area contributed by atoms with Gasteiger partial charge in [0, 0.05) is 31.6 Å². The largest absolute Gasteiger partial charge is 0.335 e. The summed E-state index contributed by atoms with van der Waals surface area (Å²) in [5.74, 6) is 1.54. The van der Waals surface area contributed by atoms with Crippen molar-refractivity contribution in [2.24, 2.45) is 5.92 Å². The van der Waals surface area contributed by atoms with Crippen molar-refractivity contribution in [3.63, 3.8) is 0 Å². The molecule has 1 saturated heterocycles. The number of urea groups is 1. The molecule has 6 nitrogen and oxygen atoms in total. The van der Waals surface area contributed by atoms with Gasteiger partial charge in [0.1, 0.15) is 12.2 Å². The first kappa shape index (κ1) is 16.3. The Bertz CT molecular complexity index is 521. The molecular weight excluding hydrogens is 290 g/mol. The molecule has 1 saturated carbocycles. The predicted molar refractivity (Wildman–Crippen MR) is 89.2 cm³/mol. The zero-order valence-electron chi connectivity index (χ0n) is 14.4. The van der Waals surface area contributed by atoms with Crippen molar-refractivity contribution in [2.75, 3.05) is 13.1 Å². The highest BCUT2D eigenvalue weighted by Crippen LogP contribution is 2.22. The van der Waals surface area contributed by atoms with Gasteiger partial charge >= 0.3 is 6.03 Å². The van der Waals surface area contributed by atoms with Crippen molar-refractivity contribution < 1.29 is 4.79 Å². The Hall–Kier alpha value is -1.59. The highest BCUT2D eigenvalue weighted by molar-refractivity contribution is 5.74. The molecule has 0 unspecified atom stereocenters. The maximum absolute atomic E-state index is 12.4. The van der Waals surface area contributed by atoms with Crippen molar-refractivity contribution in [3.05, 3.63) is 12.2 Å². The molecule has 1 N–H and O–H groups in total. The number of hydrogen-bond donors (Lipinski definition) is 1. The number of nitrogens with one attached hydrogen (secondary N) is 1. The fourth-order valence-electron chi connectivity index (χ4n) is 3.80. The maximum atomic E-state index is 12.4. The first-order valence-corrected chi connectivity index (χ1v) is 9.07. The average molecular weight is 319 g/mol. The molecule has 1 aliphatic heterocycles. The minimum Gasteiger partial charge on any atom is -0.335 e. The highest BCUT2D eigenvalue weighted by Gasteiger charge is 2.29. The van der Waals surface area contributed by atoms with Crippen LogP contribution in [-0.2, 0) is 6.42 Å². The van der Waals surface area contributed by atoms with Gasteiger partial charge in [-0.15, -0.1) is 10.2 Å². The smallest absolute Gasteiger partial charge is 0.317 e. The Labute approximate surface area is 138 Å². The van der Waals surface area contributed by atoms with E-state index in [-0.39, 0.29) is 6.03 Å². The molecule has 0 bridgehead atoms. The summed E-state index contributed by atoms with van der Waals surface area (Å²) >= 11 is 0. The molecule has 2 aliphatic rings. The summed E-state index contributed by atoms with van der Waals surface area (Å²) in [6.07, 6.45) is 9.86. The zero-order valence-corrected chi connectivity index (χ0v) is 14.4. The Kier molecular flexibility index (Phi) is 5.18. The van der Waals surface area contributed by atoms with Crippen LogP contribution in [0.2, 0.25) is 0 Å². The molecule has 1 aromatic heterocycles. The second kappa shape index (κ2) is 7.32. The van der Waals surface area contributed by atoms with Gasteiger partial charge in [-0.3, -0.25) is 0 Å². The molecule has 23 heavy (non-hydrogen) atoms. The Balaban J connectivity index is 1.49. The topological polar surface area (TPSA) is 63.1 Å².